The fourth-order valence-corrected chi connectivity index (χ4v) is 3.47. The van der Waals surface area contributed by atoms with E-state index in [1.807, 2.05) is 0 Å². The Hall–Kier alpha value is -2.96. The van der Waals surface area contributed by atoms with E-state index in [2.05, 4.69) is 9.68 Å². The first-order valence-corrected chi connectivity index (χ1v) is 9.75. The molecule has 2 aliphatic rings. The summed E-state index contributed by atoms with van der Waals surface area (Å²) >= 11 is 0. The Morgan fingerprint density at radius 3 is 1.25 bits per heavy atom. The van der Waals surface area contributed by atoms with Crippen LogP contribution in [0.4, 0.5) is 0 Å². The van der Waals surface area contributed by atoms with Gasteiger partial charge in [-0.15, -0.1) is 10.1 Å². The van der Waals surface area contributed by atoms with Crippen LogP contribution in [0, 0.1) is 0 Å². The summed E-state index contributed by atoms with van der Waals surface area (Å²) in [5.74, 6) is -10.6. The zero-order valence-corrected chi connectivity index (χ0v) is 14.7. The number of imide groups is 2. The van der Waals surface area contributed by atoms with Crippen LogP contribution < -0.4 is 0 Å². The molecule has 0 aromatic heterocycles. The Morgan fingerprint density at radius 1 is 0.750 bits per heavy atom. The van der Waals surface area contributed by atoms with E-state index < -0.39 is 89.3 Å². The van der Waals surface area contributed by atoms with Crippen molar-refractivity contribution in [3.8, 4) is 0 Å². The number of nitrogens with zero attached hydrogens (tertiary/aromatic N) is 2. The quantitative estimate of drug-likeness (QED) is 0.238. The molecule has 0 aromatic rings. The fraction of sp³-hybridized carbons (Fsp3) is 0.400. The minimum absolute atomic E-state index is 0.448. The standard InChI is InChI=1S/C10H8N2O14S2/c13-5-1-3(27(19,20)21)7(15)11(5)25-9(17)10(18)26-12-6(14)2-4(8(12)16)28(22,23)24/h3-4H,1-2H2,(H,19,20,21)(H,22,23,24)/t3-,4-/m1/s1. The van der Waals surface area contributed by atoms with Crippen LogP contribution in [0.5, 0.6) is 0 Å². The lowest BCUT2D eigenvalue weighted by Crippen LogP contribution is -2.42. The molecule has 0 saturated carbocycles. The minimum Gasteiger partial charge on any atom is -0.319 e. The van der Waals surface area contributed by atoms with Crippen molar-refractivity contribution in [1.82, 2.24) is 10.1 Å². The first-order valence-electron chi connectivity index (χ1n) is 6.75. The van der Waals surface area contributed by atoms with Gasteiger partial charge >= 0.3 is 11.9 Å². The molecule has 2 heterocycles. The van der Waals surface area contributed by atoms with Crippen molar-refractivity contribution in [2.24, 2.45) is 0 Å². The SMILES string of the molecule is O=C(ON1C(=O)C[C@@H](S(=O)(=O)O)C1=O)C(=O)ON1C(=O)C[C@@H](S(=O)(=O)O)C1=O. The van der Waals surface area contributed by atoms with Gasteiger partial charge in [-0.2, -0.15) is 16.8 Å². The summed E-state index contributed by atoms with van der Waals surface area (Å²) in [7, 11) is -10.0. The third-order valence-electron chi connectivity index (χ3n) is 3.36. The van der Waals surface area contributed by atoms with Gasteiger partial charge in [-0.25, -0.2) is 9.59 Å². The van der Waals surface area contributed by atoms with Crippen molar-refractivity contribution in [2.75, 3.05) is 0 Å². The molecule has 2 saturated heterocycles. The number of hydroxylamine groups is 4. The van der Waals surface area contributed by atoms with Gasteiger partial charge in [-0.1, -0.05) is 0 Å². The second kappa shape index (κ2) is 6.89. The predicted molar refractivity (Wildman–Crippen MR) is 75.8 cm³/mol. The number of carbonyl (C=O) groups is 6. The van der Waals surface area contributed by atoms with Gasteiger partial charge < -0.3 is 9.68 Å². The average Bonchev–Trinajstić information content (AvgIpc) is 2.98. The van der Waals surface area contributed by atoms with Gasteiger partial charge in [0.1, 0.15) is 0 Å². The highest BCUT2D eigenvalue weighted by molar-refractivity contribution is 7.87. The van der Waals surface area contributed by atoms with Crippen LogP contribution in [0.3, 0.4) is 0 Å². The Balaban J connectivity index is 2.07. The van der Waals surface area contributed by atoms with Crippen molar-refractivity contribution < 1.29 is 64.4 Å². The van der Waals surface area contributed by atoms with Crippen LogP contribution in [0.25, 0.3) is 0 Å². The van der Waals surface area contributed by atoms with Crippen LogP contribution in [0.15, 0.2) is 0 Å². The molecule has 2 aliphatic heterocycles. The molecule has 2 rings (SSSR count). The maximum atomic E-state index is 11.6. The molecule has 2 fully saturated rings. The van der Waals surface area contributed by atoms with E-state index in [0.29, 0.717) is 0 Å². The van der Waals surface area contributed by atoms with Crippen LogP contribution in [-0.2, 0) is 58.7 Å². The van der Waals surface area contributed by atoms with Crippen molar-refractivity contribution in [2.45, 2.75) is 23.3 Å². The van der Waals surface area contributed by atoms with Gasteiger partial charge in [-0.05, 0) is 0 Å². The second-order valence-corrected chi connectivity index (χ2v) is 8.42. The van der Waals surface area contributed by atoms with Crippen molar-refractivity contribution in [3.05, 3.63) is 0 Å². The second-order valence-electron chi connectivity index (χ2n) is 5.23. The molecular formula is C10H8N2O14S2. The number of carbonyl (C=O) groups excluding carboxylic acids is 6. The van der Waals surface area contributed by atoms with E-state index in [-0.39, 0.29) is 0 Å². The lowest BCUT2D eigenvalue weighted by Gasteiger charge is -2.15. The van der Waals surface area contributed by atoms with Crippen molar-refractivity contribution >= 4 is 55.8 Å². The van der Waals surface area contributed by atoms with Gasteiger partial charge in [0.15, 0.2) is 10.5 Å². The van der Waals surface area contributed by atoms with Gasteiger partial charge in [0.2, 0.25) is 0 Å². The first kappa shape index (κ1) is 21.3. The lowest BCUT2D eigenvalue weighted by atomic mass is 10.4. The topological polar surface area (TPSA) is 236 Å². The molecule has 18 heteroatoms. The summed E-state index contributed by atoms with van der Waals surface area (Å²) < 4.78 is 61.4. The van der Waals surface area contributed by atoms with Crippen LogP contribution in [0.2, 0.25) is 0 Å². The highest BCUT2D eigenvalue weighted by Crippen LogP contribution is 2.21. The third kappa shape index (κ3) is 3.98. The molecule has 0 spiro atoms. The van der Waals surface area contributed by atoms with E-state index in [9.17, 15) is 45.6 Å². The summed E-state index contributed by atoms with van der Waals surface area (Å²) in [6.45, 7) is 0. The molecule has 154 valence electrons. The summed E-state index contributed by atoms with van der Waals surface area (Å²) in [5.41, 5.74) is 0. The molecule has 2 atom stereocenters. The van der Waals surface area contributed by atoms with E-state index in [1.54, 1.807) is 0 Å². The number of hydrogen-bond acceptors (Lipinski definition) is 12. The van der Waals surface area contributed by atoms with Crippen LogP contribution in [-0.4, -0.2) is 82.1 Å². The summed E-state index contributed by atoms with van der Waals surface area (Å²) in [6, 6.07) is 0. The van der Waals surface area contributed by atoms with E-state index in [4.69, 9.17) is 9.11 Å². The summed E-state index contributed by atoms with van der Waals surface area (Å²) in [4.78, 5) is 77.4. The molecule has 28 heavy (non-hydrogen) atoms. The molecule has 2 N–H and O–H groups in total. The molecule has 0 aliphatic carbocycles. The molecular weight excluding hydrogens is 436 g/mol. The van der Waals surface area contributed by atoms with Gasteiger partial charge in [-0.3, -0.25) is 28.3 Å². The van der Waals surface area contributed by atoms with E-state index in [0.717, 1.165) is 0 Å². The highest BCUT2D eigenvalue weighted by atomic mass is 32.2. The van der Waals surface area contributed by atoms with E-state index >= 15 is 0 Å². The van der Waals surface area contributed by atoms with E-state index in [1.165, 1.54) is 0 Å². The number of rotatable bonds is 4. The molecule has 0 unspecified atom stereocenters. The zero-order chi connectivity index (χ0) is 21.6. The van der Waals surface area contributed by atoms with Crippen LogP contribution in [0.1, 0.15) is 12.8 Å². The third-order valence-corrected chi connectivity index (χ3v) is 5.53. The van der Waals surface area contributed by atoms with Crippen molar-refractivity contribution in [3.63, 3.8) is 0 Å². The Kier molecular flexibility index (Phi) is 5.25. The summed E-state index contributed by atoms with van der Waals surface area (Å²) in [6.07, 6.45) is -2.20. The molecule has 0 bridgehead atoms. The largest absolute Gasteiger partial charge is 0.444 e. The average molecular weight is 444 g/mol. The smallest absolute Gasteiger partial charge is 0.319 e. The Labute approximate surface area is 154 Å². The molecule has 4 amide bonds. The highest BCUT2D eigenvalue weighted by Gasteiger charge is 2.51. The van der Waals surface area contributed by atoms with Crippen LogP contribution >= 0.6 is 0 Å². The maximum Gasteiger partial charge on any atom is 0.444 e. The predicted octanol–water partition coefficient (Wildman–Crippen LogP) is -4.07. The Bertz CT molecular complexity index is 929. The van der Waals surface area contributed by atoms with Gasteiger partial charge in [0.05, 0.1) is 12.8 Å². The molecule has 0 aromatic carbocycles. The number of hydrogen-bond donors (Lipinski definition) is 2. The maximum absolute atomic E-state index is 11.6. The van der Waals surface area contributed by atoms with Gasteiger partial charge in [0, 0.05) is 0 Å². The summed E-state index contributed by atoms with van der Waals surface area (Å²) in [5, 5.41) is -5.45. The fourth-order valence-electron chi connectivity index (χ4n) is 2.06. The lowest BCUT2D eigenvalue weighted by molar-refractivity contribution is -0.215. The minimum atomic E-state index is -5.02. The normalized spacial score (nSPS) is 23.4. The first-order chi connectivity index (χ1) is 12.6. The Morgan fingerprint density at radius 2 is 1.04 bits per heavy atom. The zero-order valence-electron chi connectivity index (χ0n) is 13.1. The monoisotopic (exact) mass is 444 g/mol. The number of amides is 4. The van der Waals surface area contributed by atoms with Gasteiger partial charge in [0.25, 0.3) is 43.9 Å². The molecule has 0 radical (unpaired) electrons. The van der Waals surface area contributed by atoms with Crippen molar-refractivity contribution in [1.29, 1.82) is 0 Å². The molecule has 16 nitrogen and oxygen atoms in total.